The van der Waals surface area contributed by atoms with Gasteiger partial charge in [-0.1, -0.05) is 48.5 Å². The minimum Gasteiger partial charge on any atom is -0.497 e. The number of nitrogens with zero attached hydrogens (tertiary/aromatic N) is 1. The largest absolute Gasteiger partial charge is 0.497 e. The predicted octanol–water partition coefficient (Wildman–Crippen LogP) is 5.80. The second-order valence-corrected chi connectivity index (χ2v) is 8.67. The molecule has 34 heavy (non-hydrogen) atoms. The molecule has 5 nitrogen and oxygen atoms in total. The van der Waals surface area contributed by atoms with Crippen LogP contribution in [0.25, 0.3) is 0 Å². The monoisotopic (exact) mass is 453 g/mol. The first-order valence-electron chi connectivity index (χ1n) is 11.6. The maximum absolute atomic E-state index is 13.4. The lowest BCUT2D eigenvalue weighted by Crippen LogP contribution is -2.40. The number of carbonyl (C=O) groups excluding carboxylic acids is 2. The number of anilines is 1. The standard InChI is InChI=1S/C29H27NO4/c1-33-24-10-5-9-22(17-24)30-26-11-6-12-27(31)29(26)25(18-28(30)32)21-13-15-23(16-14-21)34-19-20-7-3-2-4-8-20/h2-5,7-10,13-17,25H,6,11-12,18-19H2,1H3. The Labute approximate surface area is 199 Å². The van der Waals surface area contributed by atoms with E-state index >= 15 is 0 Å². The highest BCUT2D eigenvalue weighted by Gasteiger charge is 2.39. The van der Waals surface area contributed by atoms with E-state index in [-0.39, 0.29) is 24.0 Å². The summed E-state index contributed by atoms with van der Waals surface area (Å²) in [7, 11) is 1.61. The molecule has 1 aliphatic heterocycles. The lowest BCUT2D eigenvalue weighted by atomic mass is 9.77. The number of Topliss-reactive ketones (excluding diaryl/α,β-unsaturated/α-hetero) is 1. The van der Waals surface area contributed by atoms with Crippen LogP contribution in [-0.4, -0.2) is 18.8 Å². The molecule has 1 unspecified atom stereocenters. The third kappa shape index (κ3) is 4.34. The van der Waals surface area contributed by atoms with Crippen molar-refractivity contribution in [3.63, 3.8) is 0 Å². The molecule has 0 spiro atoms. The summed E-state index contributed by atoms with van der Waals surface area (Å²) in [6.45, 7) is 0.491. The third-order valence-corrected chi connectivity index (χ3v) is 6.52. The molecule has 0 bridgehead atoms. The third-order valence-electron chi connectivity index (χ3n) is 6.52. The van der Waals surface area contributed by atoms with Crippen LogP contribution < -0.4 is 14.4 Å². The molecule has 1 aliphatic carbocycles. The fraction of sp³-hybridized carbons (Fsp3) is 0.241. The number of carbonyl (C=O) groups is 2. The maximum atomic E-state index is 13.4. The molecule has 1 heterocycles. The summed E-state index contributed by atoms with van der Waals surface area (Å²) in [6.07, 6.45) is 2.24. The Morgan fingerprint density at radius 3 is 2.44 bits per heavy atom. The average Bonchev–Trinajstić information content (AvgIpc) is 2.88. The van der Waals surface area contributed by atoms with Gasteiger partial charge in [-0.2, -0.15) is 0 Å². The lowest BCUT2D eigenvalue weighted by Gasteiger charge is -2.38. The molecule has 5 heteroatoms. The highest BCUT2D eigenvalue weighted by atomic mass is 16.5. The molecular formula is C29H27NO4. The summed E-state index contributed by atoms with van der Waals surface area (Å²) in [5.74, 6) is 1.34. The highest BCUT2D eigenvalue weighted by Crippen LogP contribution is 2.44. The van der Waals surface area contributed by atoms with Gasteiger partial charge >= 0.3 is 0 Å². The van der Waals surface area contributed by atoms with Gasteiger partial charge in [0, 0.05) is 36.1 Å². The molecule has 0 aromatic heterocycles. The average molecular weight is 454 g/mol. The van der Waals surface area contributed by atoms with Crippen molar-refractivity contribution < 1.29 is 19.1 Å². The van der Waals surface area contributed by atoms with Crippen LogP contribution in [0.2, 0.25) is 0 Å². The van der Waals surface area contributed by atoms with Gasteiger partial charge in [-0.05, 0) is 48.2 Å². The summed E-state index contributed by atoms with van der Waals surface area (Å²) in [5.41, 5.74) is 4.41. The first-order valence-corrected chi connectivity index (χ1v) is 11.6. The molecule has 0 fully saturated rings. The van der Waals surface area contributed by atoms with Gasteiger partial charge in [-0.3, -0.25) is 14.5 Å². The van der Waals surface area contributed by atoms with Crippen LogP contribution in [0, 0.1) is 0 Å². The normalized spacial score (nSPS) is 18.0. The second kappa shape index (κ2) is 9.56. The quantitative estimate of drug-likeness (QED) is 0.473. The summed E-state index contributed by atoms with van der Waals surface area (Å²) < 4.78 is 11.3. The van der Waals surface area contributed by atoms with Gasteiger partial charge in [0.25, 0.3) is 0 Å². The number of amides is 1. The van der Waals surface area contributed by atoms with Crippen molar-refractivity contribution in [3.05, 3.63) is 101 Å². The van der Waals surface area contributed by atoms with Gasteiger partial charge in [0.2, 0.25) is 5.91 Å². The zero-order valence-electron chi connectivity index (χ0n) is 19.2. The fourth-order valence-electron chi connectivity index (χ4n) is 4.86. The SMILES string of the molecule is COc1cccc(N2C(=O)CC(c3ccc(OCc4ccccc4)cc3)C3=C2CCCC3=O)c1. The molecule has 0 N–H and O–H groups in total. The van der Waals surface area contributed by atoms with Gasteiger partial charge in [-0.25, -0.2) is 0 Å². The Hall–Kier alpha value is -3.86. The van der Waals surface area contributed by atoms with Gasteiger partial charge in [0.15, 0.2) is 5.78 Å². The van der Waals surface area contributed by atoms with Crippen molar-refractivity contribution in [1.29, 1.82) is 0 Å². The van der Waals surface area contributed by atoms with Crippen molar-refractivity contribution in [2.45, 2.75) is 38.2 Å². The topological polar surface area (TPSA) is 55.8 Å². The van der Waals surface area contributed by atoms with Crippen LogP contribution in [0.1, 0.15) is 42.7 Å². The van der Waals surface area contributed by atoms with E-state index < -0.39 is 0 Å². The fourth-order valence-corrected chi connectivity index (χ4v) is 4.86. The summed E-state index contributed by atoms with van der Waals surface area (Å²) in [4.78, 5) is 28.2. The number of hydrogen-bond donors (Lipinski definition) is 0. The van der Waals surface area contributed by atoms with Crippen LogP contribution in [-0.2, 0) is 16.2 Å². The predicted molar refractivity (Wildman–Crippen MR) is 131 cm³/mol. The molecule has 5 rings (SSSR count). The van der Waals surface area contributed by atoms with Crippen LogP contribution >= 0.6 is 0 Å². The number of allylic oxidation sites excluding steroid dienone is 2. The number of methoxy groups -OCH3 is 1. The minimum atomic E-state index is -0.236. The Kier molecular flexibility index (Phi) is 6.17. The number of benzene rings is 3. The van der Waals surface area contributed by atoms with Gasteiger partial charge in [0.05, 0.1) is 12.8 Å². The molecule has 2 aliphatic rings. The zero-order chi connectivity index (χ0) is 23.5. The summed E-state index contributed by atoms with van der Waals surface area (Å²) in [5, 5.41) is 0. The maximum Gasteiger partial charge on any atom is 0.232 e. The van der Waals surface area contributed by atoms with E-state index in [1.807, 2.05) is 78.9 Å². The molecule has 172 valence electrons. The first-order chi connectivity index (χ1) is 16.6. The molecule has 3 aromatic carbocycles. The Balaban J connectivity index is 1.44. The Morgan fingerprint density at radius 1 is 0.882 bits per heavy atom. The zero-order valence-corrected chi connectivity index (χ0v) is 19.2. The smallest absolute Gasteiger partial charge is 0.232 e. The Morgan fingerprint density at radius 2 is 1.68 bits per heavy atom. The summed E-state index contributed by atoms with van der Waals surface area (Å²) in [6, 6.07) is 25.3. The molecule has 0 radical (unpaired) electrons. The van der Waals surface area contributed by atoms with Crippen molar-refractivity contribution in [3.8, 4) is 11.5 Å². The minimum absolute atomic E-state index is 0.00360. The molecule has 0 saturated carbocycles. The Bertz CT molecular complexity index is 1230. The van der Waals surface area contributed by atoms with E-state index in [2.05, 4.69) is 0 Å². The second-order valence-electron chi connectivity index (χ2n) is 8.67. The summed E-state index contributed by atoms with van der Waals surface area (Å²) >= 11 is 0. The van der Waals surface area contributed by atoms with Gasteiger partial charge < -0.3 is 9.47 Å². The lowest BCUT2D eigenvalue weighted by molar-refractivity contribution is -0.119. The van der Waals surface area contributed by atoms with Crippen molar-refractivity contribution in [2.24, 2.45) is 0 Å². The molecule has 3 aromatic rings. The van der Waals surface area contributed by atoms with E-state index in [9.17, 15) is 9.59 Å². The van der Waals surface area contributed by atoms with Crippen LogP contribution in [0.4, 0.5) is 5.69 Å². The van der Waals surface area contributed by atoms with E-state index in [0.29, 0.717) is 25.2 Å². The van der Waals surface area contributed by atoms with E-state index in [4.69, 9.17) is 9.47 Å². The van der Waals surface area contributed by atoms with Crippen LogP contribution in [0.3, 0.4) is 0 Å². The van der Waals surface area contributed by atoms with Crippen LogP contribution in [0.15, 0.2) is 90.1 Å². The van der Waals surface area contributed by atoms with E-state index in [0.717, 1.165) is 40.3 Å². The molecule has 1 amide bonds. The van der Waals surface area contributed by atoms with Crippen molar-refractivity contribution in [1.82, 2.24) is 0 Å². The number of hydrogen-bond acceptors (Lipinski definition) is 4. The van der Waals surface area contributed by atoms with E-state index in [1.54, 1.807) is 12.0 Å². The highest BCUT2D eigenvalue weighted by molar-refractivity contribution is 6.07. The molecular weight excluding hydrogens is 426 g/mol. The van der Waals surface area contributed by atoms with Crippen molar-refractivity contribution >= 4 is 17.4 Å². The first kappa shape index (κ1) is 22.0. The van der Waals surface area contributed by atoms with Gasteiger partial charge in [0.1, 0.15) is 18.1 Å². The van der Waals surface area contributed by atoms with E-state index in [1.165, 1.54) is 0 Å². The molecule has 1 atom stereocenters. The number of ether oxygens (including phenoxy) is 2. The number of ketones is 1. The van der Waals surface area contributed by atoms with Crippen molar-refractivity contribution in [2.75, 3.05) is 12.0 Å². The van der Waals surface area contributed by atoms with Gasteiger partial charge in [-0.15, -0.1) is 0 Å². The number of rotatable bonds is 6. The van der Waals surface area contributed by atoms with Crippen LogP contribution in [0.5, 0.6) is 11.5 Å². The molecule has 0 saturated heterocycles.